The summed E-state index contributed by atoms with van der Waals surface area (Å²) in [5, 5.41) is 5.69. The molecule has 0 saturated carbocycles. The number of hydrogen-bond acceptors (Lipinski definition) is 6. The van der Waals surface area contributed by atoms with Crippen molar-refractivity contribution in [3.63, 3.8) is 0 Å². The average Bonchev–Trinajstić information content (AvgIpc) is 2.87. The lowest BCUT2D eigenvalue weighted by atomic mass is 10.2. The Morgan fingerprint density at radius 2 is 2.14 bits per heavy atom. The number of nitrogens with zero attached hydrogens (tertiary/aromatic N) is 2. The third-order valence-electron chi connectivity index (χ3n) is 2.77. The Morgan fingerprint density at radius 3 is 2.73 bits per heavy atom. The normalized spacial score (nSPS) is 11.7. The molecule has 0 atom stereocenters. The molecule has 8 heteroatoms. The van der Waals surface area contributed by atoms with Gasteiger partial charge >= 0.3 is 0 Å². The predicted octanol–water partition coefficient (Wildman–Crippen LogP) is 2.21. The smallest absolute Gasteiger partial charge is 0.249 e. The zero-order chi connectivity index (χ0) is 16.3. The molecule has 0 saturated heterocycles. The second-order valence-electron chi connectivity index (χ2n) is 5.18. The van der Waals surface area contributed by atoms with Crippen LogP contribution < -0.4 is 14.8 Å². The fourth-order valence-corrected chi connectivity index (χ4v) is 3.39. The van der Waals surface area contributed by atoms with Gasteiger partial charge in [-0.2, -0.15) is 0 Å². The van der Waals surface area contributed by atoms with E-state index < -0.39 is 10.0 Å². The molecule has 6 nitrogen and oxygen atoms in total. The first-order valence-corrected chi connectivity index (χ1v) is 9.07. The molecule has 1 heterocycles. The highest BCUT2D eigenvalue weighted by Gasteiger charge is 2.15. The van der Waals surface area contributed by atoms with Crippen LogP contribution in [-0.4, -0.2) is 26.6 Å². The van der Waals surface area contributed by atoms with Crippen LogP contribution in [0.3, 0.4) is 0 Å². The number of hydrogen-bond donors (Lipinski definition) is 1. The molecule has 2 N–H and O–H groups in total. The first-order chi connectivity index (χ1) is 10.3. The molecule has 2 aromatic rings. The Kier molecular flexibility index (Phi) is 5.05. The van der Waals surface area contributed by atoms with Crippen molar-refractivity contribution >= 4 is 26.5 Å². The molecule has 0 unspecified atom stereocenters. The third-order valence-corrected chi connectivity index (χ3v) is 5.29. The average molecular weight is 341 g/mol. The maximum Gasteiger partial charge on any atom is 0.249 e. The molecule has 0 spiro atoms. The van der Waals surface area contributed by atoms with Gasteiger partial charge in [0.2, 0.25) is 10.0 Å². The first kappa shape index (κ1) is 16.7. The van der Waals surface area contributed by atoms with Gasteiger partial charge in [0, 0.05) is 13.6 Å². The number of aromatic nitrogens is 1. The van der Waals surface area contributed by atoms with Gasteiger partial charge in [-0.15, -0.1) is 0 Å². The van der Waals surface area contributed by atoms with Crippen LogP contribution >= 0.6 is 11.3 Å². The maximum absolute atomic E-state index is 11.3. The number of ether oxygens (including phenoxy) is 1. The van der Waals surface area contributed by atoms with Crippen molar-refractivity contribution in [2.75, 3.05) is 11.9 Å². The van der Waals surface area contributed by atoms with Gasteiger partial charge in [-0.25, -0.2) is 18.5 Å². The van der Waals surface area contributed by atoms with Crippen LogP contribution in [0, 0.1) is 0 Å². The van der Waals surface area contributed by atoms with Gasteiger partial charge in [0.05, 0.1) is 12.3 Å². The van der Waals surface area contributed by atoms with E-state index in [9.17, 15) is 8.42 Å². The van der Waals surface area contributed by atoms with Gasteiger partial charge in [0.15, 0.2) is 9.34 Å². The van der Waals surface area contributed by atoms with E-state index in [0.29, 0.717) is 11.7 Å². The van der Waals surface area contributed by atoms with Crippen LogP contribution in [0.25, 0.3) is 0 Å². The standard InChI is InChI=1S/C14H19N3O3S2/c1-10(2)20-12-6-4-5-11(7-12)9-17(3)14-16-8-13(21-14)22(15,18)19/h4-8,10H,9H2,1-3H3,(H2,15,18,19). The number of thiazole rings is 1. The van der Waals surface area contributed by atoms with Crippen LogP contribution in [0.5, 0.6) is 5.75 Å². The van der Waals surface area contributed by atoms with E-state index in [1.165, 1.54) is 6.20 Å². The second-order valence-corrected chi connectivity index (χ2v) is 7.97. The van der Waals surface area contributed by atoms with Crippen molar-refractivity contribution < 1.29 is 13.2 Å². The summed E-state index contributed by atoms with van der Waals surface area (Å²) >= 11 is 1.05. The first-order valence-electron chi connectivity index (χ1n) is 6.71. The molecule has 0 aliphatic rings. The topological polar surface area (TPSA) is 85.5 Å². The number of anilines is 1. The monoisotopic (exact) mass is 341 g/mol. The Labute approximate surface area is 134 Å². The predicted molar refractivity (Wildman–Crippen MR) is 87.8 cm³/mol. The minimum atomic E-state index is -3.70. The van der Waals surface area contributed by atoms with Crippen LogP contribution in [-0.2, 0) is 16.6 Å². The Morgan fingerprint density at radius 1 is 1.41 bits per heavy atom. The summed E-state index contributed by atoms with van der Waals surface area (Å²) in [4.78, 5) is 5.97. The fourth-order valence-electron chi connectivity index (χ4n) is 1.89. The van der Waals surface area contributed by atoms with E-state index in [2.05, 4.69) is 4.98 Å². The van der Waals surface area contributed by atoms with Gasteiger partial charge in [0.1, 0.15) is 5.75 Å². The number of sulfonamides is 1. The lowest BCUT2D eigenvalue weighted by molar-refractivity contribution is 0.242. The lowest BCUT2D eigenvalue weighted by Gasteiger charge is -2.17. The van der Waals surface area contributed by atoms with Crippen molar-refractivity contribution in [1.29, 1.82) is 0 Å². The maximum atomic E-state index is 11.3. The highest BCUT2D eigenvalue weighted by atomic mass is 32.2. The fraction of sp³-hybridized carbons (Fsp3) is 0.357. The van der Waals surface area contributed by atoms with Gasteiger partial charge in [-0.1, -0.05) is 23.5 Å². The molecule has 2 rings (SSSR count). The van der Waals surface area contributed by atoms with E-state index >= 15 is 0 Å². The summed E-state index contributed by atoms with van der Waals surface area (Å²) in [6.45, 7) is 4.54. The molecule has 120 valence electrons. The van der Waals surface area contributed by atoms with Crippen LogP contribution in [0.2, 0.25) is 0 Å². The molecular formula is C14H19N3O3S2. The minimum Gasteiger partial charge on any atom is -0.491 e. The molecule has 0 fully saturated rings. The van der Waals surface area contributed by atoms with Gasteiger partial charge < -0.3 is 9.64 Å². The van der Waals surface area contributed by atoms with E-state index in [-0.39, 0.29) is 10.3 Å². The summed E-state index contributed by atoms with van der Waals surface area (Å²) in [7, 11) is -1.85. The van der Waals surface area contributed by atoms with Crippen molar-refractivity contribution in [2.24, 2.45) is 5.14 Å². The molecule has 0 amide bonds. The SMILES string of the molecule is CC(C)Oc1cccc(CN(C)c2ncc(S(N)(=O)=O)s2)c1. The van der Waals surface area contributed by atoms with E-state index in [1.807, 2.05) is 50.1 Å². The zero-order valence-electron chi connectivity index (χ0n) is 12.7. The lowest BCUT2D eigenvalue weighted by Crippen LogP contribution is -2.16. The van der Waals surface area contributed by atoms with Crippen molar-refractivity contribution in [3.05, 3.63) is 36.0 Å². The van der Waals surface area contributed by atoms with Gasteiger partial charge in [0.25, 0.3) is 0 Å². The summed E-state index contributed by atoms with van der Waals surface area (Å²) in [6, 6.07) is 7.78. The quantitative estimate of drug-likeness (QED) is 0.870. The van der Waals surface area contributed by atoms with E-state index in [0.717, 1.165) is 22.6 Å². The van der Waals surface area contributed by atoms with Crippen LogP contribution in [0.15, 0.2) is 34.7 Å². The largest absolute Gasteiger partial charge is 0.491 e. The highest BCUT2D eigenvalue weighted by molar-refractivity contribution is 7.91. The van der Waals surface area contributed by atoms with Crippen molar-refractivity contribution in [2.45, 2.75) is 30.7 Å². The van der Waals surface area contributed by atoms with Crippen LogP contribution in [0.4, 0.5) is 5.13 Å². The summed E-state index contributed by atoms with van der Waals surface area (Å²) in [6.07, 6.45) is 1.40. The minimum absolute atomic E-state index is 0.0613. The van der Waals surface area contributed by atoms with E-state index in [4.69, 9.17) is 9.88 Å². The van der Waals surface area contributed by atoms with Crippen molar-refractivity contribution in [1.82, 2.24) is 4.98 Å². The molecule has 0 radical (unpaired) electrons. The summed E-state index contributed by atoms with van der Waals surface area (Å²) < 4.78 is 28.3. The molecular weight excluding hydrogens is 322 g/mol. The van der Waals surface area contributed by atoms with Gasteiger partial charge in [-0.05, 0) is 31.5 Å². The number of nitrogens with two attached hydrogens (primary N) is 1. The highest BCUT2D eigenvalue weighted by Crippen LogP contribution is 2.26. The molecule has 0 aliphatic carbocycles. The zero-order valence-corrected chi connectivity index (χ0v) is 14.3. The Bertz CT molecular complexity index is 741. The molecule has 1 aromatic heterocycles. The van der Waals surface area contributed by atoms with Crippen LogP contribution in [0.1, 0.15) is 19.4 Å². The number of rotatable bonds is 6. The molecule has 1 aromatic carbocycles. The second kappa shape index (κ2) is 6.64. The Balaban J connectivity index is 2.11. The summed E-state index contributed by atoms with van der Waals surface area (Å²) in [5.41, 5.74) is 1.05. The summed E-state index contributed by atoms with van der Waals surface area (Å²) in [5.74, 6) is 0.810. The van der Waals surface area contributed by atoms with E-state index in [1.54, 1.807) is 0 Å². The Hall–Kier alpha value is -1.64. The molecule has 0 aliphatic heterocycles. The molecule has 22 heavy (non-hydrogen) atoms. The molecule has 0 bridgehead atoms. The third kappa shape index (κ3) is 4.43. The van der Waals surface area contributed by atoms with Gasteiger partial charge in [-0.3, -0.25) is 0 Å². The number of benzene rings is 1. The number of primary sulfonamides is 1. The van der Waals surface area contributed by atoms with Crippen molar-refractivity contribution in [3.8, 4) is 5.75 Å².